The van der Waals surface area contributed by atoms with Gasteiger partial charge >= 0.3 is 0 Å². The Morgan fingerprint density at radius 3 is 2.11 bits per heavy atom. The van der Waals surface area contributed by atoms with Gasteiger partial charge in [-0.25, -0.2) is 0 Å². The van der Waals surface area contributed by atoms with E-state index in [4.69, 9.17) is 0 Å². The molecule has 0 aromatic carbocycles. The molecule has 0 radical (unpaired) electrons. The zero-order valence-electron chi connectivity index (χ0n) is 12.7. The average Bonchev–Trinajstić information content (AvgIpc) is 2.86. The van der Waals surface area contributed by atoms with Crippen molar-refractivity contribution in [2.75, 3.05) is 20.1 Å². The first kappa shape index (κ1) is 16.0. The molecule has 19 heavy (non-hydrogen) atoms. The van der Waals surface area contributed by atoms with Crippen LogP contribution in [-0.4, -0.2) is 48.9 Å². The number of amides is 2. The predicted octanol–water partition coefficient (Wildman–Crippen LogP) is 0.748. The number of likely N-dealkylation sites (N-methyl/N-ethyl adjacent to an activating group) is 1. The first-order chi connectivity index (χ1) is 8.77. The number of nitrogens with zero attached hydrogens (tertiary/aromatic N) is 1. The molecule has 2 N–H and O–H groups in total. The van der Waals surface area contributed by atoms with Gasteiger partial charge in [-0.15, -0.1) is 0 Å². The summed E-state index contributed by atoms with van der Waals surface area (Å²) in [6, 6.07) is -0.759. The lowest BCUT2D eigenvalue weighted by atomic mass is 9.85. The van der Waals surface area contributed by atoms with Crippen LogP contribution in [0.2, 0.25) is 0 Å². The molecule has 110 valence electrons. The second-order valence-electron chi connectivity index (χ2n) is 6.35. The third-order valence-electron chi connectivity index (χ3n) is 3.64. The summed E-state index contributed by atoms with van der Waals surface area (Å²) in [6.45, 7) is 9.35. The summed E-state index contributed by atoms with van der Waals surface area (Å²) in [5, 5.41) is 5.78. The molecule has 1 heterocycles. The second kappa shape index (κ2) is 6.37. The van der Waals surface area contributed by atoms with Crippen molar-refractivity contribution < 1.29 is 9.59 Å². The third-order valence-corrected chi connectivity index (χ3v) is 3.64. The molecule has 0 saturated carbocycles. The number of rotatable bonds is 4. The Labute approximate surface area is 116 Å². The molecule has 5 heteroatoms. The van der Waals surface area contributed by atoms with Crippen LogP contribution >= 0.6 is 0 Å². The molecule has 1 rings (SSSR count). The molecule has 1 saturated heterocycles. The lowest BCUT2D eigenvalue weighted by molar-refractivity contribution is -0.138. The Hall–Kier alpha value is -1.10. The van der Waals surface area contributed by atoms with Crippen LogP contribution in [0.15, 0.2) is 0 Å². The lowest BCUT2D eigenvalue weighted by Gasteiger charge is -2.34. The fourth-order valence-electron chi connectivity index (χ4n) is 2.17. The summed E-state index contributed by atoms with van der Waals surface area (Å²) in [6.07, 6.45) is 2.12. The molecular weight excluding hydrogens is 242 g/mol. The van der Waals surface area contributed by atoms with Crippen LogP contribution in [0.5, 0.6) is 0 Å². The van der Waals surface area contributed by atoms with Crippen LogP contribution in [0, 0.1) is 5.41 Å². The van der Waals surface area contributed by atoms with E-state index in [9.17, 15) is 9.59 Å². The molecule has 1 aliphatic heterocycles. The molecule has 0 unspecified atom stereocenters. The van der Waals surface area contributed by atoms with Crippen LogP contribution in [0.3, 0.4) is 0 Å². The number of carbonyl (C=O) groups excluding carboxylic acids is 2. The fourth-order valence-corrected chi connectivity index (χ4v) is 2.17. The molecule has 2 atom stereocenters. The molecule has 5 nitrogen and oxygen atoms in total. The topological polar surface area (TPSA) is 61.4 Å². The van der Waals surface area contributed by atoms with Gasteiger partial charge in [-0.1, -0.05) is 20.8 Å². The number of likely N-dealkylation sites (tertiary alicyclic amines) is 1. The van der Waals surface area contributed by atoms with Crippen molar-refractivity contribution in [2.45, 2.75) is 52.6 Å². The molecule has 1 aliphatic rings. The smallest absolute Gasteiger partial charge is 0.245 e. The van der Waals surface area contributed by atoms with Crippen LogP contribution < -0.4 is 10.6 Å². The van der Waals surface area contributed by atoms with Crippen molar-refractivity contribution in [3.8, 4) is 0 Å². The average molecular weight is 269 g/mol. The van der Waals surface area contributed by atoms with Gasteiger partial charge in [-0.05, 0) is 32.2 Å². The van der Waals surface area contributed by atoms with Crippen molar-refractivity contribution in [1.82, 2.24) is 15.5 Å². The van der Waals surface area contributed by atoms with Gasteiger partial charge in [0.2, 0.25) is 11.8 Å². The van der Waals surface area contributed by atoms with E-state index in [1.807, 2.05) is 25.7 Å². The number of hydrogen-bond acceptors (Lipinski definition) is 3. The summed E-state index contributed by atoms with van der Waals surface area (Å²) in [7, 11) is 1.73. The molecule has 2 amide bonds. The minimum absolute atomic E-state index is 0.0432. The van der Waals surface area contributed by atoms with Gasteiger partial charge in [0.05, 0.1) is 6.04 Å². The Morgan fingerprint density at radius 1 is 1.16 bits per heavy atom. The minimum Gasteiger partial charge on any atom is -0.342 e. The Balaban J connectivity index is 2.77. The van der Waals surface area contributed by atoms with Crippen molar-refractivity contribution >= 4 is 11.8 Å². The maximum Gasteiger partial charge on any atom is 0.245 e. The number of hydrogen-bond donors (Lipinski definition) is 2. The quantitative estimate of drug-likeness (QED) is 0.791. The highest BCUT2D eigenvalue weighted by Gasteiger charge is 2.36. The van der Waals surface area contributed by atoms with E-state index in [2.05, 4.69) is 10.6 Å². The molecule has 0 aromatic rings. The van der Waals surface area contributed by atoms with Crippen LogP contribution in [0.1, 0.15) is 40.5 Å². The zero-order chi connectivity index (χ0) is 14.6. The summed E-state index contributed by atoms with van der Waals surface area (Å²) < 4.78 is 0. The molecule has 0 spiro atoms. The summed E-state index contributed by atoms with van der Waals surface area (Å²) >= 11 is 0. The molecule has 0 bridgehead atoms. The van der Waals surface area contributed by atoms with Crippen LogP contribution in [0.25, 0.3) is 0 Å². The highest BCUT2D eigenvalue weighted by Crippen LogP contribution is 2.23. The SMILES string of the molecule is CN[C@@H](C)C(=O)N[C@H](C(=O)N1CCCC1)C(C)(C)C. The largest absolute Gasteiger partial charge is 0.342 e. The van der Waals surface area contributed by atoms with Gasteiger partial charge in [-0.3, -0.25) is 9.59 Å². The van der Waals surface area contributed by atoms with E-state index < -0.39 is 6.04 Å². The monoisotopic (exact) mass is 269 g/mol. The highest BCUT2D eigenvalue weighted by atomic mass is 16.2. The second-order valence-corrected chi connectivity index (χ2v) is 6.35. The van der Waals surface area contributed by atoms with E-state index in [1.54, 1.807) is 14.0 Å². The van der Waals surface area contributed by atoms with Crippen molar-refractivity contribution in [3.05, 3.63) is 0 Å². The predicted molar refractivity (Wildman–Crippen MR) is 75.7 cm³/mol. The summed E-state index contributed by atoms with van der Waals surface area (Å²) in [5.74, 6) is -0.0865. The number of carbonyl (C=O) groups is 2. The van der Waals surface area contributed by atoms with E-state index in [1.165, 1.54) is 0 Å². The standard InChI is InChI=1S/C14H27N3O2/c1-10(15-5)12(18)16-11(14(2,3)4)13(19)17-8-6-7-9-17/h10-11,15H,6-9H2,1-5H3,(H,16,18)/t10-,11+/m0/s1. The third kappa shape index (κ3) is 4.20. The van der Waals surface area contributed by atoms with Gasteiger partial charge < -0.3 is 15.5 Å². The van der Waals surface area contributed by atoms with Crippen molar-refractivity contribution in [1.29, 1.82) is 0 Å². The highest BCUT2D eigenvalue weighted by molar-refractivity contribution is 5.90. The molecule has 0 aromatic heterocycles. The van der Waals surface area contributed by atoms with Crippen LogP contribution in [0.4, 0.5) is 0 Å². The zero-order valence-corrected chi connectivity index (χ0v) is 12.7. The summed E-state index contributed by atoms with van der Waals surface area (Å²) in [5.41, 5.74) is -0.289. The minimum atomic E-state index is -0.464. The van der Waals surface area contributed by atoms with Crippen molar-refractivity contribution in [3.63, 3.8) is 0 Å². The van der Waals surface area contributed by atoms with Gasteiger partial charge in [0.1, 0.15) is 6.04 Å². The maximum atomic E-state index is 12.5. The van der Waals surface area contributed by atoms with Crippen LogP contribution in [-0.2, 0) is 9.59 Å². The molecule has 1 fully saturated rings. The van der Waals surface area contributed by atoms with E-state index in [0.717, 1.165) is 25.9 Å². The first-order valence-corrected chi connectivity index (χ1v) is 7.04. The molecule has 0 aliphatic carbocycles. The lowest BCUT2D eigenvalue weighted by Crippen LogP contribution is -2.57. The van der Waals surface area contributed by atoms with Gasteiger partial charge in [0.15, 0.2) is 0 Å². The van der Waals surface area contributed by atoms with E-state index >= 15 is 0 Å². The van der Waals surface area contributed by atoms with Gasteiger partial charge in [-0.2, -0.15) is 0 Å². The maximum absolute atomic E-state index is 12.5. The van der Waals surface area contributed by atoms with Gasteiger partial charge in [0.25, 0.3) is 0 Å². The number of nitrogens with one attached hydrogen (secondary N) is 2. The van der Waals surface area contributed by atoms with E-state index in [-0.39, 0.29) is 23.3 Å². The fraction of sp³-hybridized carbons (Fsp3) is 0.857. The Kier molecular flexibility index (Phi) is 5.35. The summed E-state index contributed by atoms with van der Waals surface area (Å²) in [4.78, 5) is 26.4. The van der Waals surface area contributed by atoms with Gasteiger partial charge in [0, 0.05) is 13.1 Å². The van der Waals surface area contributed by atoms with E-state index in [0.29, 0.717) is 0 Å². The van der Waals surface area contributed by atoms with Crippen molar-refractivity contribution in [2.24, 2.45) is 5.41 Å². The normalized spacial score (nSPS) is 19.1. The Bertz CT molecular complexity index is 330. The first-order valence-electron chi connectivity index (χ1n) is 7.04. The Morgan fingerprint density at radius 2 is 1.68 bits per heavy atom. The molecular formula is C14H27N3O2.